The number of hydrogen-bond donors (Lipinski definition) is 1. The van der Waals surface area contributed by atoms with Crippen LogP contribution < -0.4 is 0 Å². The van der Waals surface area contributed by atoms with Crippen LogP contribution in [0.25, 0.3) is 0 Å². The Morgan fingerprint density at radius 3 is 2.20 bits per heavy atom. The SMILES string of the molecule is O=C1c2ccccc2C(=O)N1O[C@@H]1[C@@H]2CC[C@@H](C2)[C@H]1O. The van der Waals surface area contributed by atoms with Gasteiger partial charge < -0.3 is 5.11 Å². The van der Waals surface area contributed by atoms with Crippen molar-refractivity contribution < 1.29 is 19.5 Å². The highest BCUT2D eigenvalue weighted by atomic mass is 16.7. The Kier molecular flexibility index (Phi) is 2.49. The lowest BCUT2D eigenvalue weighted by Gasteiger charge is -2.29. The summed E-state index contributed by atoms with van der Waals surface area (Å²) < 4.78 is 0. The number of aliphatic hydroxyl groups excluding tert-OH is 1. The van der Waals surface area contributed by atoms with Gasteiger partial charge in [0.15, 0.2) is 0 Å². The van der Waals surface area contributed by atoms with E-state index in [9.17, 15) is 14.7 Å². The van der Waals surface area contributed by atoms with E-state index in [2.05, 4.69) is 0 Å². The van der Waals surface area contributed by atoms with Crippen LogP contribution in [0.5, 0.6) is 0 Å². The minimum Gasteiger partial charge on any atom is -0.390 e. The van der Waals surface area contributed by atoms with Crippen LogP contribution in [0.4, 0.5) is 0 Å². The number of benzene rings is 1. The van der Waals surface area contributed by atoms with Gasteiger partial charge in [0, 0.05) is 0 Å². The van der Waals surface area contributed by atoms with E-state index in [-0.39, 0.29) is 11.8 Å². The van der Waals surface area contributed by atoms with Crippen LogP contribution in [-0.2, 0) is 4.84 Å². The van der Waals surface area contributed by atoms with Crippen LogP contribution >= 0.6 is 0 Å². The third-order valence-electron chi connectivity index (χ3n) is 4.78. The van der Waals surface area contributed by atoms with Crippen molar-refractivity contribution in [3.05, 3.63) is 35.4 Å². The first kappa shape index (κ1) is 12.1. The van der Waals surface area contributed by atoms with Crippen LogP contribution in [-0.4, -0.2) is 34.2 Å². The summed E-state index contributed by atoms with van der Waals surface area (Å²) in [5.41, 5.74) is 0.741. The molecule has 1 N–H and O–H groups in total. The molecule has 0 radical (unpaired) electrons. The van der Waals surface area contributed by atoms with Crippen molar-refractivity contribution in [1.82, 2.24) is 5.06 Å². The first-order chi connectivity index (χ1) is 9.66. The molecule has 0 saturated heterocycles. The molecule has 1 aromatic rings. The quantitative estimate of drug-likeness (QED) is 0.826. The number of imide groups is 1. The van der Waals surface area contributed by atoms with Crippen LogP contribution in [0.1, 0.15) is 40.0 Å². The first-order valence-corrected chi connectivity index (χ1v) is 6.99. The van der Waals surface area contributed by atoms with Crippen molar-refractivity contribution in [1.29, 1.82) is 0 Å². The van der Waals surface area contributed by atoms with E-state index >= 15 is 0 Å². The second-order valence-electron chi connectivity index (χ2n) is 5.84. The van der Waals surface area contributed by atoms with Crippen LogP contribution in [0.15, 0.2) is 24.3 Å². The normalized spacial score (nSPS) is 35.0. The molecule has 5 heteroatoms. The van der Waals surface area contributed by atoms with Gasteiger partial charge in [0.2, 0.25) is 0 Å². The van der Waals surface area contributed by atoms with Crippen molar-refractivity contribution in [3.8, 4) is 0 Å². The molecule has 0 unspecified atom stereocenters. The fourth-order valence-corrected chi connectivity index (χ4v) is 3.74. The Labute approximate surface area is 116 Å². The molecule has 1 aromatic carbocycles. The monoisotopic (exact) mass is 273 g/mol. The van der Waals surface area contributed by atoms with Gasteiger partial charge in [0.05, 0.1) is 17.2 Å². The molecule has 1 aliphatic heterocycles. The fourth-order valence-electron chi connectivity index (χ4n) is 3.74. The third-order valence-corrected chi connectivity index (χ3v) is 4.78. The molecule has 104 valence electrons. The largest absolute Gasteiger partial charge is 0.390 e. The highest BCUT2D eigenvalue weighted by Crippen LogP contribution is 2.46. The van der Waals surface area contributed by atoms with Gasteiger partial charge >= 0.3 is 0 Å². The first-order valence-electron chi connectivity index (χ1n) is 6.99. The average molecular weight is 273 g/mol. The minimum atomic E-state index is -0.571. The molecule has 0 aromatic heterocycles. The zero-order valence-electron chi connectivity index (χ0n) is 10.9. The number of amides is 2. The summed E-state index contributed by atoms with van der Waals surface area (Å²) in [5, 5.41) is 11.0. The zero-order valence-corrected chi connectivity index (χ0v) is 10.9. The molecule has 2 saturated carbocycles. The Bertz CT molecular complexity index is 562. The maximum Gasteiger partial charge on any atom is 0.285 e. The van der Waals surface area contributed by atoms with Crippen molar-refractivity contribution in [2.75, 3.05) is 0 Å². The van der Waals surface area contributed by atoms with E-state index in [1.165, 1.54) is 0 Å². The molecule has 3 aliphatic rings. The summed E-state index contributed by atoms with van der Waals surface area (Å²) in [5.74, 6) is -0.361. The number of nitrogens with zero attached hydrogens (tertiary/aromatic N) is 1. The number of hydroxylamine groups is 2. The molecular formula is C15H15NO4. The number of hydrogen-bond acceptors (Lipinski definition) is 4. The average Bonchev–Trinajstić information content (AvgIpc) is 3.11. The van der Waals surface area contributed by atoms with E-state index in [0.29, 0.717) is 11.1 Å². The highest BCUT2D eigenvalue weighted by molar-refractivity contribution is 6.20. The summed E-state index contributed by atoms with van der Waals surface area (Å²) in [6.45, 7) is 0. The number of carbonyl (C=O) groups is 2. The van der Waals surface area contributed by atoms with Crippen molar-refractivity contribution >= 4 is 11.8 Å². The van der Waals surface area contributed by atoms with Gasteiger partial charge in [-0.05, 0) is 43.2 Å². The molecule has 5 nitrogen and oxygen atoms in total. The van der Waals surface area contributed by atoms with Gasteiger partial charge in [-0.2, -0.15) is 0 Å². The Hall–Kier alpha value is -1.72. The zero-order chi connectivity index (χ0) is 13.9. The lowest BCUT2D eigenvalue weighted by atomic mass is 9.95. The molecule has 1 heterocycles. The van der Waals surface area contributed by atoms with Crippen molar-refractivity contribution in [2.24, 2.45) is 11.8 Å². The maximum atomic E-state index is 12.2. The molecule has 20 heavy (non-hydrogen) atoms. The van der Waals surface area contributed by atoms with Crippen LogP contribution in [0, 0.1) is 11.8 Å². The summed E-state index contributed by atoms with van der Waals surface area (Å²) in [7, 11) is 0. The lowest BCUT2D eigenvalue weighted by molar-refractivity contribution is -0.178. The van der Waals surface area contributed by atoms with E-state index in [1.807, 2.05) is 0 Å². The summed E-state index contributed by atoms with van der Waals surface area (Å²) in [4.78, 5) is 30.0. The smallest absolute Gasteiger partial charge is 0.285 e. The number of aliphatic hydroxyl groups is 1. The van der Waals surface area contributed by atoms with E-state index in [4.69, 9.17) is 4.84 Å². The molecule has 2 bridgehead atoms. The number of carbonyl (C=O) groups excluding carboxylic acids is 2. The molecule has 0 spiro atoms. The topological polar surface area (TPSA) is 66.8 Å². The third kappa shape index (κ3) is 1.50. The predicted octanol–water partition coefficient (Wildman–Crippen LogP) is 1.37. The second kappa shape index (κ2) is 4.14. The van der Waals surface area contributed by atoms with Crippen LogP contribution in [0.2, 0.25) is 0 Å². The minimum absolute atomic E-state index is 0.249. The highest BCUT2D eigenvalue weighted by Gasteiger charge is 2.50. The molecule has 4 atom stereocenters. The van der Waals surface area contributed by atoms with Gasteiger partial charge in [-0.15, -0.1) is 5.06 Å². The molecule has 4 rings (SSSR count). The van der Waals surface area contributed by atoms with Gasteiger partial charge in [0.1, 0.15) is 6.10 Å². The van der Waals surface area contributed by atoms with Crippen LogP contribution in [0.3, 0.4) is 0 Å². The summed E-state index contributed by atoms with van der Waals surface area (Å²) in [6, 6.07) is 6.69. The summed E-state index contributed by atoms with van der Waals surface area (Å²) in [6.07, 6.45) is 1.92. The van der Waals surface area contributed by atoms with Gasteiger partial charge in [-0.1, -0.05) is 12.1 Å². The molecular weight excluding hydrogens is 258 g/mol. The summed E-state index contributed by atoms with van der Waals surface area (Å²) >= 11 is 0. The van der Waals surface area contributed by atoms with Gasteiger partial charge in [0.25, 0.3) is 11.8 Å². The maximum absolute atomic E-state index is 12.2. The van der Waals surface area contributed by atoms with E-state index in [0.717, 1.165) is 24.3 Å². The molecule has 2 fully saturated rings. The fraction of sp³-hybridized carbons (Fsp3) is 0.467. The Morgan fingerprint density at radius 1 is 1.05 bits per heavy atom. The number of fused-ring (bicyclic) bond motifs is 3. The van der Waals surface area contributed by atoms with E-state index < -0.39 is 24.0 Å². The van der Waals surface area contributed by atoms with Crippen molar-refractivity contribution in [3.63, 3.8) is 0 Å². The predicted molar refractivity (Wildman–Crippen MR) is 68.7 cm³/mol. The standard InChI is InChI=1S/C15H15NO4/c17-12-8-5-6-9(7-8)13(12)20-16-14(18)10-3-1-2-4-11(10)15(16)19/h1-4,8-9,12-13,17H,5-7H2/t8-,9+,12+,13+/m0/s1. The second-order valence-corrected chi connectivity index (χ2v) is 5.84. The lowest BCUT2D eigenvalue weighted by Crippen LogP contribution is -2.42. The molecule has 2 amide bonds. The molecule has 2 aliphatic carbocycles. The van der Waals surface area contributed by atoms with Gasteiger partial charge in [-0.25, -0.2) is 0 Å². The Morgan fingerprint density at radius 2 is 1.65 bits per heavy atom. The Balaban J connectivity index is 1.59. The van der Waals surface area contributed by atoms with Crippen molar-refractivity contribution in [2.45, 2.75) is 31.5 Å². The van der Waals surface area contributed by atoms with E-state index in [1.54, 1.807) is 24.3 Å². The number of rotatable bonds is 2. The van der Waals surface area contributed by atoms with Gasteiger partial charge in [-0.3, -0.25) is 14.4 Å².